The van der Waals surface area contributed by atoms with Gasteiger partial charge >= 0.3 is 0 Å². The highest BCUT2D eigenvalue weighted by Gasteiger charge is 2.39. The van der Waals surface area contributed by atoms with E-state index in [0.29, 0.717) is 11.3 Å². The molecule has 0 amide bonds. The molecule has 1 fully saturated rings. The van der Waals surface area contributed by atoms with Gasteiger partial charge in [0.25, 0.3) is 0 Å². The normalized spacial score (nSPS) is 42.2. The van der Waals surface area contributed by atoms with E-state index in [0.717, 1.165) is 19.3 Å². The Kier molecular flexibility index (Phi) is 2.32. The quantitative estimate of drug-likeness (QED) is 0.498. The summed E-state index contributed by atoms with van der Waals surface area (Å²) in [6.45, 7) is 15.8. The topological polar surface area (TPSA) is 4.36 Å². The molecule has 74 valence electrons. The van der Waals surface area contributed by atoms with Crippen molar-refractivity contribution in [2.45, 2.75) is 58.9 Å². The SMILES string of the molecule is [2H][C@H]1C[C@@H](C(C)(C)C)CC[C@@]1(C)[N+]#[C-]. The first-order valence-electron chi connectivity index (χ1n) is 5.68. The average Bonchev–Trinajstić information content (AvgIpc) is 2.08. The van der Waals surface area contributed by atoms with Crippen LogP contribution < -0.4 is 0 Å². The smallest absolute Gasteiger partial charge is 0.229 e. The van der Waals surface area contributed by atoms with Crippen molar-refractivity contribution in [1.29, 1.82) is 0 Å². The summed E-state index contributed by atoms with van der Waals surface area (Å²) in [5.41, 5.74) is -0.121. The van der Waals surface area contributed by atoms with Crippen LogP contribution in [0.15, 0.2) is 0 Å². The molecule has 1 aliphatic carbocycles. The van der Waals surface area contributed by atoms with Gasteiger partial charge in [-0.25, -0.2) is 6.57 Å². The molecule has 0 radical (unpaired) electrons. The molecule has 3 atom stereocenters. The molecule has 0 aromatic carbocycles. The van der Waals surface area contributed by atoms with Crippen LogP contribution in [0.3, 0.4) is 0 Å². The van der Waals surface area contributed by atoms with Gasteiger partial charge in [0.05, 0.1) is 0 Å². The fourth-order valence-electron chi connectivity index (χ4n) is 1.97. The Morgan fingerprint density at radius 1 is 1.46 bits per heavy atom. The number of hydrogen-bond donors (Lipinski definition) is 0. The van der Waals surface area contributed by atoms with Crippen molar-refractivity contribution in [3.63, 3.8) is 0 Å². The van der Waals surface area contributed by atoms with E-state index in [1.54, 1.807) is 0 Å². The third kappa shape index (κ3) is 2.46. The molecule has 0 unspecified atom stereocenters. The van der Waals surface area contributed by atoms with Gasteiger partial charge in [-0.15, -0.1) is 0 Å². The Morgan fingerprint density at radius 2 is 2.08 bits per heavy atom. The van der Waals surface area contributed by atoms with Gasteiger partial charge in [0, 0.05) is 21.1 Å². The monoisotopic (exact) mass is 180 g/mol. The van der Waals surface area contributed by atoms with Crippen LogP contribution in [0, 0.1) is 17.9 Å². The lowest BCUT2D eigenvalue weighted by Gasteiger charge is -2.36. The van der Waals surface area contributed by atoms with E-state index < -0.39 is 5.54 Å². The maximum atomic E-state index is 8.02. The van der Waals surface area contributed by atoms with Crippen LogP contribution in [-0.4, -0.2) is 5.54 Å². The molecule has 0 bridgehead atoms. The van der Waals surface area contributed by atoms with Gasteiger partial charge < -0.3 is 4.85 Å². The fraction of sp³-hybridized carbons (Fsp3) is 0.917. The third-order valence-electron chi connectivity index (χ3n) is 3.32. The standard InChI is InChI=1S/C12H21N/c1-11(2,3)10-6-8-12(4,13-5)9-7-10/h10H,6-9H2,1-4H3/t10-,12+/i8D/t8-,10+,12-/m0/s1. The molecule has 0 aliphatic heterocycles. The van der Waals surface area contributed by atoms with E-state index in [-0.39, 0.29) is 6.40 Å². The third-order valence-corrected chi connectivity index (χ3v) is 3.32. The van der Waals surface area contributed by atoms with Gasteiger partial charge in [-0.1, -0.05) is 20.8 Å². The highest BCUT2D eigenvalue weighted by Crippen LogP contribution is 2.42. The zero-order valence-corrected chi connectivity index (χ0v) is 9.22. The maximum absolute atomic E-state index is 8.02. The first-order chi connectivity index (χ1) is 6.29. The molecule has 1 nitrogen and oxygen atoms in total. The second kappa shape index (κ2) is 3.33. The Bertz CT molecular complexity index is 248. The minimum atomic E-state index is -0.415. The Morgan fingerprint density at radius 3 is 2.46 bits per heavy atom. The van der Waals surface area contributed by atoms with Crippen LogP contribution in [0.4, 0.5) is 0 Å². The molecule has 0 saturated heterocycles. The van der Waals surface area contributed by atoms with Gasteiger partial charge in [-0.3, -0.25) is 0 Å². The predicted molar refractivity (Wildman–Crippen MR) is 56.4 cm³/mol. The van der Waals surface area contributed by atoms with Crippen molar-refractivity contribution in [3.05, 3.63) is 11.4 Å². The molecule has 1 rings (SSSR count). The summed E-state index contributed by atoms with van der Waals surface area (Å²) in [5.74, 6) is 0.611. The summed E-state index contributed by atoms with van der Waals surface area (Å²) >= 11 is 0. The van der Waals surface area contributed by atoms with E-state index in [9.17, 15) is 0 Å². The van der Waals surface area contributed by atoms with Crippen LogP contribution in [0.1, 0.15) is 54.7 Å². The van der Waals surface area contributed by atoms with Gasteiger partial charge in [0.1, 0.15) is 0 Å². The predicted octanol–water partition coefficient (Wildman–Crippen LogP) is 3.90. The highest BCUT2D eigenvalue weighted by atomic mass is 14.8. The van der Waals surface area contributed by atoms with Crippen molar-refractivity contribution in [2.75, 3.05) is 0 Å². The van der Waals surface area contributed by atoms with Crippen LogP contribution in [0.25, 0.3) is 4.85 Å². The van der Waals surface area contributed by atoms with Crippen molar-refractivity contribution >= 4 is 0 Å². The van der Waals surface area contributed by atoms with Crippen LogP contribution in [-0.2, 0) is 0 Å². The number of hydrogen-bond acceptors (Lipinski definition) is 0. The van der Waals surface area contributed by atoms with Gasteiger partial charge in [0.2, 0.25) is 5.54 Å². The van der Waals surface area contributed by atoms with Crippen molar-refractivity contribution < 1.29 is 1.37 Å². The minimum absolute atomic E-state index is 0.196. The molecule has 0 N–H and O–H groups in total. The van der Waals surface area contributed by atoms with E-state index in [1.807, 2.05) is 6.92 Å². The van der Waals surface area contributed by atoms with E-state index >= 15 is 0 Å². The van der Waals surface area contributed by atoms with E-state index in [2.05, 4.69) is 25.6 Å². The first-order valence-corrected chi connectivity index (χ1v) is 5.10. The largest absolute Gasteiger partial charge is 0.311 e. The summed E-state index contributed by atoms with van der Waals surface area (Å²) < 4.78 is 8.02. The zero-order chi connectivity index (χ0) is 11.0. The summed E-state index contributed by atoms with van der Waals surface area (Å²) in [6, 6.07) is 0. The molecule has 1 heteroatoms. The van der Waals surface area contributed by atoms with Crippen molar-refractivity contribution in [2.24, 2.45) is 11.3 Å². The lowest BCUT2D eigenvalue weighted by Crippen LogP contribution is -2.32. The number of nitrogens with zero attached hydrogens (tertiary/aromatic N) is 1. The van der Waals surface area contributed by atoms with Crippen LogP contribution in [0.2, 0.25) is 0 Å². The molecule has 0 heterocycles. The van der Waals surface area contributed by atoms with E-state index in [4.69, 9.17) is 7.94 Å². The Labute approximate surface area is 83.8 Å². The summed E-state index contributed by atoms with van der Waals surface area (Å²) in [4.78, 5) is 3.64. The van der Waals surface area contributed by atoms with Crippen molar-refractivity contribution in [1.82, 2.24) is 0 Å². The second-order valence-corrected chi connectivity index (χ2v) is 5.51. The molecule has 13 heavy (non-hydrogen) atoms. The fourth-order valence-corrected chi connectivity index (χ4v) is 1.97. The molecular weight excluding hydrogens is 158 g/mol. The molecule has 1 aliphatic rings. The summed E-state index contributed by atoms with van der Waals surface area (Å²) in [6.07, 6.45) is 2.70. The molecular formula is C12H21N. The highest BCUT2D eigenvalue weighted by molar-refractivity contribution is 4.99. The molecule has 0 aromatic heterocycles. The van der Waals surface area contributed by atoms with Crippen LogP contribution in [0.5, 0.6) is 0 Å². The molecule has 0 spiro atoms. The van der Waals surface area contributed by atoms with Gasteiger partial charge in [-0.2, -0.15) is 0 Å². The average molecular weight is 180 g/mol. The Hall–Kier alpha value is -0.510. The molecule has 1 saturated carbocycles. The lowest BCUT2D eigenvalue weighted by atomic mass is 9.68. The molecule has 0 aromatic rings. The van der Waals surface area contributed by atoms with Crippen molar-refractivity contribution in [3.8, 4) is 0 Å². The van der Waals surface area contributed by atoms with Crippen LogP contribution >= 0.6 is 0 Å². The van der Waals surface area contributed by atoms with Gasteiger partial charge in [-0.05, 0) is 24.2 Å². The number of rotatable bonds is 0. The zero-order valence-electron chi connectivity index (χ0n) is 10.2. The first kappa shape index (κ1) is 9.06. The minimum Gasteiger partial charge on any atom is -0.311 e. The lowest BCUT2D eigenvalue weighted by molar-refractivity contribution is 0.154. The van der Waals surface area contributed by atoms with E-state index in [1.165, 1.54) is 0 Å². The maximum Gasteiger partial charge on any atom is 0.229 e. The van der Waals surface area contributed by atoms with Gasteiger partial charge in [0.15, 0.2) is 0 Å². The Balaban J connectivity index is 2.70. The second-order valence-electron chi connectivity index (χ2n) is 5.51. The summed E-state index contributed by atoms with van der Waals surface area (Å²) in [5, 5.41) is 0. The summed E-state index contributed by atoms with van der Waals surface area (Å²) in [7, 11) is 0.